The van der Waals surface area contributed by atoms with Crippen LogP contribution in [0.4, 0.5) is 0 Å². The predicted octanol–water partition coefficient (Wildman–Crippen LogP) is 1.92. The van der Waals surface area contributed by atoms with Crippen LogP contribution in [-0.2, 0) is 4.74 Å². The summed E-state index contributed by atoms with van der Waals surface area (Å²) in [6.45, 7) is 0. The van der Waals surface area contributed by atoms with E-state index in [1.165, 1.54) is 12.8 Å². The first kappa shape index (κ1) is 7.86. The van der Waals surface area contributed by atoms with Gasteiger partial charge in [0.15, 0.2) is 0 Å². The van der Waals surface area contributed by atoms with Gasteiger partial charge in [0.2, 0.25) is 0 Å². The summed E-state index contributed by atoms with van der Waals surface area (Å²) in [6.07, 6.45) is 3.35. The summed E-state index contributed by atoms with van der Waals surface area (Å²) in [7, 11) is 1.84. The van der Waals surface area contributed by atoms with Gasteiger partial charge in [-0.3, -0.25) is 0 Å². The summed E-state index contributed by atoms with van der Waals surface area (Å²) in [5.74, 6) is 0. The second-order valence-electron chi connectivity index (χ2n) is 2.89. The second kappa shape index (κ2) is 3.81. The van der Waals surface area contributed by atoms with Crippen molar-refractivity contribution in [3.8, 4) is 0 Å². The second-order valence-corrected chi connectivity index (χ2v) is 11.2. The molecule has 0 aromatic heterocycles. The molecule has 0 spiro atoms. The maximum atomic E-state index is 5.27. The van der Waals surface area contributed by atoms with E-state index < -0.39 is 19.8 Å². The molecule has 0 aromatic carbocycles. The SMILES string of the molecule is COC1C[CH2][Sn]([CH3])[CH2]C1. The minimum atomic E-state index is -0.713. The Morgan fingerprint density at radius 3 is 2.33 bits per heavy atom. The molecule has 1 saturated heterocycles. The van der Waals surface area contributed by atoms with Crippen LogP contribution < -0.4 is 0 Å². The molecule has 0 atom stereocenters. The van der Waals surface area contributed by atoms with Crippen molar-refractivity contribution < 1.29 is 4.74 Å². The van der Waals surface area contributed by atoms with Crippen LogP contribution in [0.25, 0.3) is 0 Å². The van der Waals surface area contributed by atoms with Crippen LogP contribution in [0.15, 0.2) is 0 Å². The van der Waals surface area contributed by atoms with Crippen LogP contribution >= 0.6 is 0 Å². The molecule has 0 aromatic rings. The maximum absolute atomic E-state index is 5.27. The molecule has 1 radical (unpaired) electrons. The fourth-order valence-corrected chi connectivity index (χ4v) is 6.68. The van der Waals surface area contributed by atoms with E-state index in [0.29, 0.717) is 6.10 Å². The molecule has 0 saturated carbocycles. The number of rotatable bonds is 1. The summed E-state index contributed by atoms with van der Waals surface area (Å²) >= 11 is -0.713. The third-order valence-corrected chi connectivity index (χ3v) is 8.64. The van der Waals surface area contributed by atoms with Gasteiger partial charge in [-0.2, -0.15) is 0 Å². The molecular formula is C7H15OSn. The van der Waals surface area contributed by atoms with E-state index in [0.717, 1.165) is 0 Å². The molecule has 9 heavy (non-hydrogen) atoms. The van der Waals surface area contributed by atoms with Crippen LogP contribution in [0.5, 0.6) is 0 Å². The molecule has 1 heterocycles. The molecule has 2 heteroatoms. The first-order valence-corrected chi connectivity index (χ1v) is 10.6. The Balaban J connectivity index is 2.18. The van der Waals surface area contributed by atoms with Gasteiger partial charge in [-0.25, -0.2) is 0 Å². The van der Waals surface area contributed by atoms with Gasteiger partial charge >= 0.3 is 64.4 Å². The molecule has 0 amide bonds. The van der Waals surface area contributed by atoms with Gasteiger partial charge in [-0.1, -0.05) is 0 Å². The van der Waals surface area contributed by atoms with Gasteiger partial charge < -0.3 is 0 Å². The summed E-state index contributed by atoms with van der Waals surface area (Å²) in [4.78, 5) is 2.52. The van der Waals surface area contributed by atoms with E-state index in [9.17, 15) is 0 Å². The summed E-state index contributed by atoms with van der Waals surface area (Å²) < 4.78 is 8.38. The Morgan fingerprint density at radius 1 is 1.33 bits per heavy atom. The number of hydrogen-bond acceptors (Lipinski definition) is 1. The predicted molar refractivity (Wildman–Crippen MR) is 41.3 cm³/mol. The molecule has 1 nitrogen and oxygen atoms in total. The molecule has 1 rings (SSSR count). The summed E-state index contributed by atoms with van der Waals surface area (Å²) in [6, 6.07) is 0. The van der Waals surface area contributed by atoms with E-state index in [4.69, 9.17) is 4.74 Å². The monoisotopic (exact) mass is 235 g/mol. The quantitative estimate of drug-likeness (QED) is 0.629. The molecule has 0 aliphatic carbocycles. The topological polar surface area (TPSA) is 9.23 Å². The van der Waals surface area contributed by atoms with E-state index in [-0.39, 0.29) is 0 Å². The Morgan fingerprint density at radius 2 is 1.89 bits per heavy atom. The molecular weight excluding hydrogens is 219 g/mol. The zero-order valence-corrected chi connectivity index (χ0v) is 9.17. The van der Waals surface area contributed by atoms with Crippen molar-refractivity contribution in [2.45, 2.75) is 32.8 Å². The fourth-order valence-electron chi connectivity index (χ4n) is 1.32. The standard InChI is InChI=1S/C6H12O.CH3.Sn/c1-4-6(5-2)7-3;;/h6H,1-2,4-5H2,3H3;1H3;. The molecule has 1 fully saturated rings. The average Bonchev–Trinajstić information content (AvgIpc) is 1.90. The van der Waals surface area contributed by atoms with E-state index >= 15 is 0 Å². The Labute approximate surface area is 64.5 Å². The number of methoxy groups -OCH3 is 1. The third-order valence-electron chi connectivity index (χ3n) is 2.12. The van der Waals surface area contributed by atoms with E-state index in [1.807, 2.05) is 7.11 Å². The summed E-state index contributed by atoms with van der Waals surface area (Å²) in [5.41, 5.74) is 0. The van der Waals surface area contributed by atoms with Crippen molar-refractivity contribution in [2.75, 3.05) is 7.11 Å². The zero-order chi connectivity index (χ0) is 6.69. The van der Waals surface area contributed by atoms with Crippen LogP contribution in [0, 0.1) is 0 Å². The van der Waals surface area contributed by atoms with Gasteiger partial charge in [-0.05, 0) is 0 Å². The number of ether oxygens (including phenoxy) is 1. The van der Waals surface area contributed by atoms with E-state index in [1.54, 1.807) is 8.87 Å². The minimum absolute atomic E-state index is 0.620. The average molecular weight is 234 g/mol. The number of hydrogen-bond donors (Lipinski definition) is 0. The van der Waals surface area contributed by atoms with Crippen molar-refractivity contribution >= 4 is 19.8 Å². The Kier molecular flexibility index (Phi) is 3.33. The van der Waals surface area contributed by atoms with Gasteiger partial charge in [-0.15, -0.1) is 0 Å². The molecule has 0 bridgehead atoms. The van der Waals surface area contributed by atoms with Crippen molar-refractivity contribution in [2.24, 2.45) is 0 Å². The molecule has 53 valence electrons. The first-order chi connectivity index (χ1) is 4.33. The third kappa shape index (κ3) is 2.46. The molecule has 1 aliphatic rings. The van der Waals surface area contributed by atoms with Gasteiger partial charge in [0, 0.05) is 0 Å². The summed E-state index contributed by atoms with van der Waals surface area (Å²) in [5, 5.41) is 0. The van der Waals surface area contributed by atoms with Gasteiger partial charge in [0.1, 0.15) is 0 Å². The molecule has 0 N–H and O–H groups in total. The Hall–Kier alpha value is 0.759. The Bertz CT molecular complexity index is 77.0. The van der Waals surface area contributed by atoms with Crippen LogP contribution in [0.1, 0.15) is 12.8 Å². The van der Waals surface area contributed by atoms with Crippen molar-refractivity contribution in [1.82, 2.24) is 0 Å². The van der Waals surface area contributed by atoms with Gasteiger partial charge in [0.05, 0.1) is 0 Å². The van der Waals surface area contributed by atoms with Crippen LogP contribution in [0.3, 0.4) is 0 Å². The van der Waals surface area contributed by atoms with Gasteiger partial charge in [0.25, 0.3) is 0 Å². The molecule has 0 unspecified atom stereocenters. The normalized spacial score (nSPS) is 24.7. The fraction of sp³-hybridized carbons (Fsp3) is 1.00. The van der Waals surface area contributed by atoms with Crippen molar-refractivity contribution in [3.63, 3.8) is 0 Å². The van der Waals surface area contributed by atoms with Crippen molar-refractivity contribution in [3.05, 3.63) is 0 Å². The first-order valence-electron chi connectivity index (χ1n) is 3.67. The van der Waals surface area contributed by atoms with Crippen molar-refractivity contribution in [1.29, 1.82) is 0 Å². The van der Waals surface area contributed by atoms with Crippen LogP contribution in [0.2, 0.25) is 13.8 Å². The molecule has 1 aliphatic heterocycles. The zero-order valence-electron chi connectivity index (χ0n) is 6.31. The van der Waals surface area contributed by atoms with E-state index in [2.05, 4.69) is 4.94 Å². The van der Waals surface area contributed by atoms with Crippen LogP contribution in [-0.4, -0.2) is 33.0 Å².